The monoisotopic (exact) mass is 541 g/mol. The number of carbonyl (C=O) groups is 1. The summed E-state index contributed by atoms with van der Waals surface area (Å²) >= 11 is 0. The molecule has 0 saturated carbocycles. The molecule has 0 aliphatic carbocycles. The molecule has 208 valence electrons. The standard InChI is InChI=1S/C32H35N3O5/c1-33(2)32(36)40-20-35-27-11-10-23(37-3)15-25(27)26-16-28-24-17-31(39-19-21-8-6-5-7-9-21)30(38-4)14-22(24)12-13-34(28)18-29(26)35/h5-11,14-15,17,28H,12-13,16,18-20H2,1-4H3. The van der Waals surface area contributed by atoms with Gasteiger partial charge in [0.2, 0.25) is 0 Å². The van der Waals surface area contributed by atoms with Crippen LogP contribution < -0.4 is 14.2 Å². The third-order valence-electron chi connectivity index (χ3n) is 8.06. The fourth-order valence-corrected chi connectivity index (χ4v) is 5.97. The van der Waals surface area contributed by atoms with E-state index in [0.29, 0.717) is 6.61 Å². The van der Waals surface area contributed by atoms with Crippen molar-refractivity contribution in [3.63, 3.8) is 0 Å². The molecule has 2 aliphatic heterocycles. The van der Waals surface area contributed by atoms with Crippen molar-refractivity contribution in [3.05, 3.63) is 88.6 Å². The van der Waals surface area contributed by atoms with E-state index in [-0.39, 0.29) is 18.9 Å². The molecule has 1 atom stereocenters. The number of ether oxygens (including phenoxy) is 4. The topological polar surface area (TPSA) is 65.4 Å². The van der Waals surface area contributed by atoms with E-state index in [4.69, 9.17) is 18.9 Å². The van der Waals surface area contributed by atoms with Crippen molar-refractivity contribution in [1.82, 2.24) is 14.4 Å². The molecular weight excluding hydrogens is 506 g/mol. The summed E-state index contributed by atoms with van der Waals surface area (Å²) in [5.41, 5.74) is 7.19. The van der Waals surface area contributed by atoms with E-state index in [2.05, 4.69) is 45.9 Å². The predicted octanol–water partition coefficient (Wildman–Crippen LogP) is 5.55. The van der Waals surface area contributed by atoms with Crippen LogP contribution in [-0.2, 0) is 37.5 Å². The molecule has 0 radical (unpaired) electrons. The van der Waals surface area contributed by atoms with Gasteiger partial charge in [-0.2, -0.15) is 0 Å². The number of carbonyl (C=O) groups excluding carboxylic acids is 1. The number of rotatable bonds is 7. The average Bonchev–Trinajstić information content (AvgIpc) is 3.29. The van der Waals surface area contributed by atoms with Crippen molar-refractivity contribution < 1.29 is 23.7 Å². The maximum Gasteiger partial charge on any atom is 0.410 e. The predicted molar refractivity (Wildman–Crippen MR) is 153 cm³/mol. The molecule has 0 N–H and O–H groups in total. The van der Waals surface area contributed by atoms with Gasteiger partial charge in [0.25, 0.3) is 0 Å². The van der Waals surface area contributed by atoms with Crippen LogP contribution in [0.1, 0.15) is 34.0 Å². The maximum absolute atomic E-state index is 12.3. The summed E-state index contributed by atoms with van der Waals surface area (Å²) in [4.78, 5) is 16.2. The quantitative estimate of drug-likeness (QED) is 0.306. The number of aromatic nitrogens is 1. The number of methoxy groups -OCH3 is 2. The molecule has 8 nitrogen and oxygen atoms in total. The second-order valence-electron chi connectivity index (χ2n) is 10.6. The lowest BCUT2D eigenvalue weighted by atomic mass is 9.85. The van der Waals surface area contributed by atoms with Gasteiger partial charge in [0.15, 0.2) is 18.2 Å². The maximum atomic E-state index is 12.3. The van der Waals surface area contributed by atoms with Crippen molar-refractivity contribution in [3.8, 4) is 17.2 Å². The minimum Gasteiger partial charge on any atom is -0.497 e. The van der Waals surface area contributed by atoms with Crippen LogP contribution in [0.5, 0.6) is 17.2 Å². The van der Waals surface area contributed by atoms with Crippen LogP contribution in [0.3, 0.4) is 0 Å². The first kappa shape index (κ1) is 26.1. The van der Waals surface area contributed by atoms with Crippen molar-refractivity contribution in [2.75, 3.05) is 34.9 Å². The molecule has 2 aliphatic rings. The highest BCUT2D eigenvalue weighted by atomic mass is 16.6. The van der Waals surface area contributed by atoms with Crippen LogP contribution in [-0.4, -0.2) is 55.3 Å². The largest absolute Gasteiger partial charge is 0.497 e. The molecule has 0 fully saturated rings. The van der Waals surface area contributed by atoms with Gasteiger partial charge in [0, 0.05) is 44.3 Å². The minimum atomic E-state index is -0.360. The van der Waals surface area contributed by atoms with Crippen LogP contribution in [0.4, 0.5) is 4.79 Å². The third-order valence-corrected chi connectivity index (χ3v) is 8.06. The summed E-state index contributed by atoms with van der Waals surface area (Å²) < 4.78 is 25.4. The highest BCUT2D eigenvalue weighted by molar-refractivity contribution is 5.87. The Morgan fingerprint density at radius 1 is 1.00 bits per heavy atom. The van der Waals surface area contributed by atoms with E-state index in [0.717, 1.165) is 59.6 Å². The Kier molecular flexibility index (Phi) is 7.02. The van der Waals surface area contributed by atoms with Gasteiger partial charge in [-0.05, 0) is 65.4 Å². The molecule has 0 saturated heterocycles. The molecule has 40 heavy (non-hydrogen) atoms. The second-order valence-corrected chi connectivity index (χ2v) is 10.6. The summed E-state index contributed by atoms with van der Waals surface area (Å²) in [7, 11) is 6.77. The normalized spacial score (nSPS) is 16.1. The molecular formula is C32H35N3O5. The van der Waals surface area contributed by atoms with Gasteiger partial charge in [-0.1, -0.05) is 30.3 Å². The first-order valence-corrected chi connectivity index (χ1v) is 13.6. The Hall–Kier alpha value is -4.17. The summed E-state index contributed by atoms with van der Waals surface area (Å²) in [5.74, 6) is 2.34. The van der Waals surface area contributed by atoms with E-state index in [9.17, 15) is 4.79 Å². The number of amides is 1. The first-order valence-electron chi connectivity index (χ1n) is 13.6. The van der Waals surface area contributed by atoms with E-state index in [1.54, 1.807) is 28.3 Å². The van der Waals surface area contributed by atoms with Crippen LogP contribution in [0, 0.1) is 0 Å². The number of hydrogen-bond donors (Lipinski definition) is 0. The van der Waals surface area contributed by atoms with Crippen molar-refractivity contribution in [1.29, 1.82) is 0 Å². The highest BCUT2D eigenvalue weighted by Crippen LogP contribution is 2.45. The molecule has 4 aromatic rings. The van der Waals surface area contributed by atoms with Gasteiger partial charge in [-0.3, -0.25) is 4.90 Å². The molecule has 1 amide bonds. The van der Waals surface area contributed by atoms with E-state index in [1.165, 1.54) is 27.3 Å². The van der Waals surface area contributed by atoms with Gasteiger partial charge in [-0.25, -0.2) is 4.79 Å². The zero-order valence-corrected chi connectivity index (χ0v) is 23.5. The van der Waals surface area contributed by atoms with Crippen LogP contribution in [0.25, 0.3) is 10.9 Å². The molecule has 0 bridgehead atoms. The van der Waals surface area contributed by atoms with Gasteiger partial charge in [0.05, 0.1) is 19.7 Å². The zero-order chi connectivity index (χ0) is 27.8. The lowest BCUT2D eigenvalue weighted by Crippen LogP contribution is -2.40. The van der Waals surface area contributed by atoms with Crippen LogP contribution in [0.2, 0.25) is 0 Å². The third kappa shape index (κ3) is 4.73. The van der Waals surface area contributed by atoms with Crippen molar-refractivity contribution >= 4 is 17.0 Å². The molecule has 3 heterocycles. The van der Waals surface area contributed by atoms with Crippen molar-refractivity contribution in [2.24, 2.45) is 0 Å². The van der Waals surface area contributed by atoms with Gasteiger partial charge < -0.3 is 28.4 Å². The number of nitrogens with zero attached hydrogens (tertiary/aromatic N) is 3. The van der Waals surface area contributed by atoms with Crippen LogP contribution in [0.15, 0.2) is 60.7 Å². The Balaban J connectivity index is 1.37. The molecule has 8 heteroatoms. The van der Waals surface area contributed by atoms with Gasteiger partial charge >= 0.3 is 6.09 Å². The SMILES string of the molecule is COc1ccc2c(c1)c1c(n2COC(=O)N(C)C)CN2CCc3cc(OC)c(OCc4ccccc4)cc3C2C1. The van der Waals surface area contributed by atoms with Gasteiger partial charge in [0.1, 0.15) is 12.4 Å². The van der Waals surface area contributed by atoms with E-state index in [1.807, 2.05) is 24.3 Å². The second kappa shape index (κ2) is 10.8. The van der Waals surface area contributed by atoms with Gasteiger partial charge in [-0.15, -0.1) is 0 Å². The minimum absolute atomic E-state index is 0.166. The van der Waals surface area contributed by atoms with Crippen molar-refractivity contribution in [2.45, 2.75) is 38.8 Å². The Morgan fingerprint density at radius 3 is 2.58 bits per heavy atom. The fraction of sp³-hybridized carbons (Fsp3) is 0.344. The Bertz CT molecular complexity index is 1550. The molecule has 1 unspecified atom stereocenters. The zero-order valence-electron chi connectivity index (χ0n) is 23.5. The molecule has 1 aromatic heterocycles. The molecule has 0 spiro atoms. The Morgan fingerprint density at radius 2 is 1.82 bits per heavy atom. The smallest absolute Gasteiger partial charge is 0.410 e. The first-order chi connectivity index (χ1) is 19.5. The Labute approximate surface area is 234 Å². The lowest BCUT2D eigenvalue weighted by Gasteiger charge is -2.41. The fourth-order valence-electron chi connectivity index (χ4n) is 5.97. The summed E-state index contributed by atoms with van der Waals surface area (Å²) in [6.07, 6.45) is 1.41. The number of benzene rings is 3. The highest BCUT2D eigenvalue weighted by Gasteiger charge is 2.36. The number of fused-ring (bicyclic) bond motifs is 6. The number of hydrogen-bond acceptors (Lipinski definition) is 6. The molecule has 3 aromatic carbocycles. The average molecular weight is 542 g/mol. The van der Waals surface area contributed by atoms with Crippen LogP contribution >= 0.6 is 0 Å². The van der Waals surface area contributed by atoms with E-state index >= 15 is 0 Å². The summed E-state index contributed by atoms with van der Waals surface area (Å²) in [6.45, 7) is 2.35. The lowest BCUT2D eigenvalue weighted by molar-refractivity contribution is 0.0858. The molecule has 6 rings (SSSR count). The summed E-state index contributed by atoms with van der Waals surface area (Å²) in [6, 6.07) is 20.8. The summed E-state index contributed by atoms with van der Waals surface area (Å²) in [5, 5.41) is 1.14. The van der Waals surface area contributed by atoms with E-state index < -0.39 is 0 Å².